The maximum Gasteiger partial charge on any atom is 2.00 e. The van der Waals surface area contributed by atoms with Gasteiger partial charge < -0.3 is 39.4 Å². The third-order valence-corrected chi connectivity index (χ3v) is 0. The minimum atomic E-state index is 0. The molecule has 1 nitrogen and oxygen atoms in total. The van der Waals surface area contributed by atoms with Crippen LogP contribution in [0.3, 0.4) is 0 Å². The zero-order valence-corrected chi connectivity index (χ0v) is 9.58. The average Bonchev–Trinajstić information content (AvgIpc) is 0. The molecular formula is H2BaBr2O. The van der Waals surface area contributed by atoms with Crippen LogP contribution in [0.1, 0.15) is 0 Å². The van der Waals surface area contributed by atoms with Gasteiger partial charge in [0.05, 0.1) is 0 Å². The van der Waals surface area contributed by atoms with E-state index in [9.17, 15) is 0 Å². The van der Waals surface area contributed by atoms with Gasteiger partial charge in [0.15, 0.2) is 0 Å². The quantitative estimate of drug-likeness (QED) is 0.398. The van der Waals surface area contributed by atoms with E-state index in [1.165, 1.54) is 0 Å². The molecule has 0 radical (unpaired) electrons. The summed E-state index contributed by atoms with van der Waals surface area (Å²) in [4.78, 5) is 0. The summed E-state index contributed by atoms with van der Waals surface area (Å²) < 4.78 is 0. The minimum absolute atomic E-state index is 0. The van der Waals surface area contributed by atoms with Crippen LogP contribution in [0.4, 0.5) is 0 Å². The van der Waals surface area contributed by atoms with Crippen LogP contribution < -0.4 is 34.0 Å². The van der Waals surface area contributed by atoms with Gasteiger partial charge in [0.1, 0.15) is 0 Å². The molecule has 0 unspecified atom stereocenters. The van der Waals surface area contributed by atoms with Crippen molar-refractivity contribution in [3.63, 3.8) is 0 Å². The molecule has 0 heterocycles. The fraction of sp³-hybridized carbons (Fsp3) is 0. The van der Waals surface area contributed by atoms with Crippen LogP contribution in [0.2, 0.25) is 0 Å². The van der Waals surface area contributed by atoms with Crippen molar-refractivity contribution in [3.05, 3.63) is 0 Å². The van der Waals surface area contributed by atoms with Crippen LogP contribution >= 0.6 is 0 Å². The van der Waals surface area contributed by atoms with Crippen molar-refractivity contribution in [3.8, 4) is 0 Å². The van der Waals surface area contributed by atoms with Gasteiger partial charge in [-0.3, -0.25) is 0 Å². The van der Waals surface area contributed by atoms with E-state index in [0.717, 1.165) is 0 Å². The van der Waals surface area contributed by atoms with Crippen LogP contribution in [0.5, 0.6) is 0 Å². The van der Waals surface area contributed by atoms with E-state index >= 15 is 0 Å². The first-order chi connectivity index (χ1) is 0. The molecule has 0 spiro atoms. The van der Waals surface area contributed by atoms with Crippen LogP contribution in [-0.2, 0) is 0 Å². The van der Waals surface area contributed by atoms with E-state index in [4.69, 9.17) is 0 Å². The van der Waals surface area contributed by atoms with Crippen molar-refractivity contribution in [1.82, 2.24) is 0 Å². The van der Waals surface area contributed by atoms with E-state index in [2.05, 4.69) is 0 Å². The molecule has 0 bridgehead atoms. The topological polar surface area (TPSA) is 31.5 Å². The first-order valence-electron chi connectivity index (χ1n) is 0. The maximum absolute atomic E-state index is 0. The normalized spacial score (nSPS) is 0. The Morgan fingerprint density at radius 3 is 0.750 bits per heavy atom. The van der Waals surface area contributed by atoms with Gasteiger partial charge in [-0.15, -0.1) is 0 Å². The summed E-state index contributed by atoms with van der Waals surface area (Å²) >= 11 is 0. The summed E-state index contributed by atoms with van der Waals surface area (Å²) in [5.74, 6) is 0. The van der Waals surface area contributed by atoms with Crippen molar-refractivity contribution in [1.29, 1.82) is 0 Å². The zero-order valence-electron chi connectivity index (χ0n) is 1.96. The number of hydrogen-bond acceptors (Lipinski definition) is 0. The van der Waals surface area contributed by atoms with Crippen molar-refractivity contribution >= 4 is 48.9 Å². The second-order valence-electron chi connectivity index (χ2n) is 0. The van der Waals surface area contributed by atoms with Gasteiger partial charge in [-0.1, -0.05) is 0 Å². The summed E-state index contributed by atoms with van der Waals surface area (Å²) in [6, 6.07) is 0. The molecule has 0 aliphatic carbocycles. The van der Waals surface area contributed by atoms with Crippen molar-refractivity contribution in [2.75, 3.05) is 0 Å². The average molecular weight is 315 g/mol. The Hall–Kier alpha value is 2.49. The van der Waals surface area contributed by atoms with Crippen LogP contribution in [0.15, 0.2) is 0 Å². The Labute approximate surface area is 86.5 Å². The van der Waals surface area contributed by atoms with Gasteiger partial charge in [0.25, 0.3) is 0 Å². The summed E-state index contributed by atoms with van der Waals surface area (Å²) in [5.41, 5.74) is 0. The molecule has 0 saturated carbocycles. The SMILES string of the molecule is O.[Ba+2].[Br-].[Br-]. The summed E-state index contributed by atoms with van der Waals surface area (Å²) in [7, 11) is 0. The largest absolute Gasteiger partial charge is 2.00 e. The number of rotatable bonds is 0. The molecular weight excluding hydrogens is 313 g/mol. The standard InChI is InChI=1S/Ba.2BrH.H2O/h;2*1H;1H2/q+2;;;/p-2. The third kappa shape index (κ3) is 8.82. The van der Waals surface area contributed by atoms with E-state index < -0.39 is 0 Å². The Kier molecular flexibility index (Phi) is 141. The Balaban J connectivity index is 0. The molecule has 0 aromatic carbocycles. The molecule has 0 aromatic rings. The summed E-state index contributed by atoms with van der Waals surface area (Å²) in [6.07, 6.45) is 0. The van der Waals surface area contributed by atoms with Crippen LogP contribution in [0, 0.1) is 0 Å². The first-order valence-corrected chi connectivity index (χ1v) is 0. The molecule has 24 valence electrons. The van der Waals surface area contributed by atoms with E-state index in [0.29, 0.717) is 0 Å². The van der Waals surface area contributed by atoms with Crippen LogP contribution in [-0.4, -0.2) is 54.4 Å². The van der Waals surface area contributed by atoms with Crippen molar-refractivity contribution in [2.45, 2.75) is 0 Å². The van der Waals surface area contributed by atoms with Crippen molar-refractivity contribution < 1.29 is 39.4 Å². The Morgan fingerprint density at radius 1 is 0.750 bits per heavy atom. The molecule has 4 heavy (non-hydrogen) atoms. The molecule has 4 heteroatoms. The summed E-state index contributed by atoms with van der Waals surface area (Å²) in [5, 5.41) is 0. The van der Waals surface area contributed by atoms with Crippen LogP contribution in [0.25, 0.3) is 0 Å². The first kappa shape index (κ1) is 31.5. The molecule has 0 atom stereocenters. The predicted molar refractivity (Wildman–Crippen MR) is 9.37 cm³/mol. The van der Waals surface area contributed by atoms with E-state index in [1.54, 1.807) is 0 Å². The van der Waals surface area contributed by atoms with Gasteiger partial charge in [-0.25, -0.2) is 0 Å². The third-order valence-electron chi connectivity index (χ3n) is 0. The molecule has 0 aliphatic heterocycles. The van der Waals surface area contributed by atoms with Gasteiger partial charge in [-0.2, -0.15) is 0 Å². The second kappa shape index (κ2) is 17.8. The number of hydrogen-bond donors (Lipinski definition) is 0. The second-order valence-corrected chi connectivity index (χ2v) is 0. The van der Waals surface area contributed by atoms with E-state index in [-0.39, 0.29) is 88.3 Å². The monoisotopic (exact) mass is 314 g/mol. The van der Waals surface area contributed by atoms with Gasteiger partial charge in [-0.05, 0) is 0 Å². The molecule has 0 aliphatic rings. The number of halogens is 2. The molecule has 0 saturated heterocycles. The summed E-state index contributed by atoms with van der Waals surface area (Å²) in [6.45, 7) is 0. The Morgan fingerprint density at radius 2 is 0.750 bits per heavy atom. The minimum Gasteiger partial charge on any atom is -1.00 e. The maximum atomic E-state index is 0. The molecule has 0 amide bonds. The van der Waals surface area contributed by atoms with E-state index in [1.807, 2.05) is 0 Å². The Bertz CT molecular complexity index is 6.00. The predicted octanol–water partition coefficient (Wildman–Crippen LogP) is -7.20. The van der Waals surface area contributed by atoms with Gasteiger partial charge in [0, 0.05) is 0 Å². The van der Waals surface area contributed by atoms with Gasteiger partial charge in [0.2, 0.25) is 0 Å². The fourth-order valence-corrected chi connectivity index (χ4v) is 0. The fourth-order valence-electron chi connectivity index (χ4n) is 0. The molecule has 0 aromatic heterocycles. The van der Waals surface area contributed by atoms with Crippen molar-refractivity contribution in [2.24, 2.45) is 0 Å². The smallest absolute Gasteiger partial charge is 1.00 e. The molecule has 0 rings (SSSR count). The van der Waals surface area contributed by atoms with Gasteiger partial charge >= 0.3 is 48.9 Å². The molecule has 0 fully saturated rings. The molecule has 2 N–H and O–H groups in total. The zero-order chi connectivity index (χ0) is 0.